The first kappa shape index (κ1) is 35.4. The number of hydrogen-bond donors (Lipinski definition) is 5. The fourth-order valence-corrected chi connectivity index (χ4v) is 6.15. The van der Waals surface area contributed by atoms with Crippen LogP contribution in [0.1, 0.15) is 70.5 Å². The van der Waals surface area contributed by atoms with Gasteiger partial charge in [0.15, 0.2) is 6.29 Å². The normalized spacial score (nSPS) is 36.0. The SMILES string of the molecule is Cc1nc(/C=C(\CO)[C@@H]2C/C=C\CCC[C@H](C)[C@H](O)[C@@H](C)C(=O)C(C)(C)[C@@H](O[C@H]3O[C@H](CO)[C@H](O)[C@H]3O)CC(=O)O2)cs1. The highest BCUT2D eigenvalue weighted by Crippen LogP contribution is 2.36. The van der Waals surface area contributed by atoms with Crippen LogP contribution < -0.4 is 0 Å². The molecule has 0 saturated carbocycles. The molecule has 3 rings (SSSR count). The van der Waals surface area contributed by atoms with Gasteiger partial charge in [0.1, 0.15) is 30.2 Å². The van der Waals surface area contributed by atoms with Gasteiger partial charge in [-0.25, -0.2) is 4.98 Å². The number of aliphatic hydroxyl groups is 5. The molecule has 0 bridgehead atoms. The molecule has 0 aromatic carbocycles. The molecule has 0 amide bonds. The van der Waals surface area contributed by atoms with Crippen molar-refractivity contribution in [3.05, 3.63) is 33.8 Å². The molecule has 1 fully saturated rings. The van der Waals surface area contributed by atoms with E-state index in [2.05, 4.69) is 4.98 Å². The lowest BCUT2D eigenvalue weighted by Crippen LogP contribution is -2.49. The number of nitrogens with zero attached hydrogens (tertiary/aromatic N) is 1. The largest absolute Gasteiger partial charge is 0.457 e. The molecule has 3 heterocycles. The van der Waals surface area contributed by atoms with Gasteiger partial charge in [0.2, 0.25) is 0 Å². The summed E-state index contributed by atoms with van der Waals surface area (Å²) in [6, 6.07) is 0. The zero-order chi connectivity index (χ0) is 31.9. The van der Waals surface area contributed by atoms with Gasteiger partial charge in [-0.2, -0.15) is 0 Å². The van der Waals surface area contributed by atoms with Gasteiger partial charge in [-0.05, 0) is 43.8 Å². The molecule has 242 valence electrons. The minimum absolute atomic E-state index is 0.168. The predicted molar refractivity (Wildman–Crippen MR) is 160 cm³/mol. The molecule has 0 radical (unpaired) electrons. The van der Waals surface area contributed by atoms with Gasteiger partial charge < -0.3 is 39.7 Å². The number of allylic oxidation sites excluding steroid dienone is 1. The summed E-state index contributed by atoms with van der Waals surface area (Å²) in [4.78, 5) is 31.8. The Balaban J connectivity index is 1.97. The van der Waals surface area contributed by atoms with Gasteiger partial charge in [0.25, 0.3) is 0 Å². The smallest absolute Gasteiger partial charge is 0.309 e. The molecule has 1 aromatic heterocycles. The summed E-state index contributed by atoms with van der Waals surface area (Å²) in [5, 5.41) is 54.3. The Hall–Kier alpha value is -2.03. The van der Waals surface area contributed by atoms with Crippen LogP contribution in [0, 0.1) is 24.2 Å². The molecule has 12 heteroatoms. The highest BCUT2D eigenvalue weighted by molar-refractivity contribution is 7.09. The molecular formula is C31H47NO10S. The Labute approximate surface area is 257 Å². The molecule has 43 heavy (non-hydrogen) atoms. The van der Waals surface area contributed by atoms with E-state index in [4.69, 9.17) is 14.2 Å². The van der Waals surface area contributed by atoms with E-state index in [9.17, 15) is 35.1 Å². The number of hydrogen-bond acceptors (Lipinski definition) is 12. The van der Waals surface area contributed by atoms with Gasteiger partial charge in [0.05, 0.1) is 48.0 Å². The maximum atomic E-state index is 13.9. The van der Waals surface area contributed by atoms with Gasteiger partial charge >= 0.3 is 5.97 Å². The number of thiazole rings is 1. The van der Waals surface area contributed by atoms with Crippen LogP contribution in [0.4, 0.5) is 0 Å². The summed E-state index contributed by atoms with van der Waals surface area (Å²) >= 11 is 1.46. The van der Waals surface area contributed by atoms with Gasteiger partial charge in [0, 0.05) is 17.7 Å². The van der Waals surface area contributed by atoms with Crippen LogP contribution in [0.15, 0.2) is 23.1 Å². The van der Waals surface area contributed by atoms with Gasteiger partial charge in [-0.15, -0.1) is 11.3 Å². The molecule has 9 atom stereocenters. The fraction of sp³-hybridized carbons (Fsp3) is 0.710. The monoisotopic (exact) mass is 625 g/mol. The van der Waals surface area contributed by atoms with E-state index in [-0.39, 0.29) is 18.3 Å². The van der Waals surface area contributed by atoms with Crippen LogP contribution in [0.3, 0.4) is 0 Å². The Morgan fingerprint density at radius 2 is 1.86 bits per heavy atom. The maximum absolute atomic E-state index is 13.9. The lowest BCUT2D eigenvalue weighted by Gasteiger charge is -2.38. The summed E-state index contributed by atoms with van der Waals surface area (Å²) in [5.41, 5.74) is -0.284. The highest BCUT2D eigenvalue weighted by Gasteiger charge is 2.49. The second kappa shape index (κ2) is 15.8. The number of carbonyl (C=O) groups excluding carboxylic acids is 2. The molecule has 11 nitrogen and oxygen atoms in total. The van der Waals surface area contributed by atoms with E-state index < -0.39 is 73.2 Å². The van der Waals surface area contributed by atoms with Crippen LogP contribution >= 0.6 is 11.3 Å². The van der Waals surface area contributed by atoms with Crippen molar-refractivity contribution in [1.82, 2.24) is 4.98 Å². The third-order valence-electron chi connectivity index (χ3n) is 8.48. The third kappa shape index (κ3) is 9.01. The summed E-state index contributed by atoms with van der Waals surface area (Å²) in [5.74, 6) is -2.04. The highest BCUT2D eigenvalue weighted by atomic mass is 32.1. The predicted octanol–water partition coefficient (Wildman–Crippen LogP) is 2.31. The first-order valence-electron chi connectivity index (χ1n) is 14.9. The van der Waals surface area contributed by atoms with Crippen molar-refractivity contribution < 1.29 is 49.3 Å². The van der Waals surface area contributed by atoms with E-state index in [1.807, 2.05) is 31.4 Å². The standard InChI is InChI=1S/C31H47NO10S/c1-17-10-8-6-7-9-11-22(20(14-33)12-21-16-43-19(3)32-21)40-25(35)13-24(31(4,5)29(39)18(2)26(17)36)42-30-28(38)27(37)23(15-34)41-30/h7,9,12,16-18,22-24,26-28,30,33-34,36-38H,6,8,10-11,13-15H2,1-5H3/b9-7-,20-12+/t17-,18+,22-,23+,24-,26-,27-,28+,30+/m0/s1. The van der Waals surface area contributed by atoms with Crippen molar-refractivity contribution in [2.45, 2.75) is 110 Å². The van der Waals surface area contributed by atoms with Crippen molar-refractivity contribution in [2.75, 3.05) is 13.2 Å². The minimum atomic E-state index is -1.54. The number of aryl methyl sites for hydroxylation is 1. The first-order chi connectivity index (χ1) is 20.3. The zero-order valence-corrected chi connectivity index (χ0v) is 26.4. The van der Waals surface area contributed by atoms with Crippen molar-refractivity contribution in [3.8, 4) is 0 Å². The number of carbonyl (C=O) groups is 2. The van der Waals surface area contributed by atoms with Gasteiger partial charge in [-0.3, -0.25) is 9.59 Å². The number of ketones is 1. The second-order valence-electron chi connectivity index (χ2n) is 12.2. The van der Waals surface area contributed by atoms with Crippen molar-refractivity contribution in [1.29, 1.82) is 0 Å². The summed E-state index contributed by atoms with van der Waals surface area (Å²) in [6.45, 7) is 7.65. The number of cyclic esters (lactones) is 1. The second-order valence-corrected chi connectivity index (χ2v) is 13.2. The van der Waals surface area contributed by atoms with Crippen LogP contribution in [-0.2, 0) is 23.8 Å². The van der Waals surface area contributed by atoms with Crippen molar-refractivity contribution >= 4 is 29.2 Å². The molecule has 1 saturated heterocycles. The molecule has 5 N–H and O–H groups in total. The molecule has 2 aliphatic rings. The molecule has 0 spiro atoms. The van der Waals surface area contributed by atoms with Crippen molar-refractivity contribution in [3.63, 3.8) is 0 Å². The fourth-order valence-electron chi connectivity index (χ4n) is 5.58. The number of Topliss-reactive ketones (excluding diaryl/α,β-unsaturated/α-hetero) is 1. The van der Waals surface area contributed by atoms with Crippen LogP contribution in [-0.4, -0.2) is 98.4 Å². The summed E-state index contributed by atoms with van der Waals surface area (Å²) in [6.07, 6.45) is -0.845. The summed E-state index contributed by atoms with van der Waals surface area (Å²) in [7, 11) is 0. The third-order valence-corrected chi connectivity index (χ3v) is 9.28. The first-order valence-corrected chi connectivity index (χ1v) is 15.8. The van der Waals surface area contributed by atoms with E-state index >= 15 is 0 Å². The lowest BCUT2D eigenvalue weighted by atomic mass is 9.72. The van der Waals surface area contributed by atoms with Crippen LogP contribution in [0.25, 0.3) is 6.08 Å². The number of esters is 1. The number of ether oxygens (including phenoxy) is 3. The zero-order valence-electron chi connectivity index (χ0n) is 25.6. The van der Waals surface area contributed by atoms with E-state index in [1.165, 1.54) is 11.3 Å². The Kier molecular flexibility index (Phi) is 13.0. The number of aliphatic hydroxyl groups excluding tert-OH is 5. The van der Waals surface area contributed by atoms with E-state index in [0.717, 1.165) is 17.8 Å². The molecular weight excluding hydrogens is 578 g/mol. The molecule has 1 aromatic rings. The molecule has 2 aliphatic heterocycles. The average molecular weight is 626 g/mol. The van der Waals surface area contributed by atoms with Crippen LogP contribution in [0.5, 0.6) is 0 Å². The summed E-state index contributed by atoms with van der Waals surface area (Å²) < 4.78 is 17.4. The Bertz CT molecular complexity index is 1130. The van der Waals surface area contributed by atoms with E-state index in [0.29, 0.717) is 24.1 Å². The van der Waals surface area contributed by atoms with Crippen LogP contribution in [0.2, 0.25) is 0 Å². The number of aromatic nitrogens is 1. The quantitative estimate of drug-likeness (QED) is 0.232. The topological polar surface area (TPSA) is 176 Å². The van der Waals surface area contributed by atoms with Crippen molar-refractivity contribution in [2.24, 2.45) is 17.3 Å². The van der Waals surface area contributed by atoms with E-state index in [1.54, 1.807) is 26.8 Å². The molecule has 0 aliphatic carbocycles. The maximum Gasteiger partial charge on any atom is 0.309 e. The molecule has 0 unspecified atom stereocenters. The van der Waals surface area contributed by atoms with Gasteiger partial charge in [-0.1, -0.05) is 39.8 Å². The lowest BCUT2D eigenvalue weighted by molar-refractivity contribution is -0.218. The Morgan fingerprint density at radius 3 is 2.47 bits per heavy atom. The Morgan fingerprint density at radius 1 is 1.14 bits per heavy atom. The average Bonchev–Trinajstić information content (AvgIpc) is 3.51. The number of rotatable bonds is 6. The minimum Gasteiger partial charge on any atom is -0.457 e.